The average molecular weight is 345 g/mol. The van der Waals surface area contributed by atoms with Gasteiger partial charge in [0.1, 0.15) is 23.8 Å². The third-order valence-corrected chi connectivity index (χ3v) is 3.19. The predicted octanol–water partition coefficient (Wildman–Crippen LogP) is 5.42. The molecule has 7 heteroatoms. The third kappa shape index (κ3) is 3.26. The Morgan fingerprint density at radius 1 is 1.09 bits per heavy atom. The molecule has 0 aliphatic heterocycles. The summed E-state index contributed by atoms with van der Waals surface area (Å²) in [6.07, 6.45) is 0.988. The summed E-state index contributed by atoms with van der Waals surface area (Å²) in [5.74, 6) is -2.40. The van der Waals surface area contributed by atoms with Gasteiger partial charge in [0.15, 0.2) is 0 Å². The molecule has 0 spiro atoms. The lowest BCUT2D eigenvalue weighted by Crippen LogP contribution is -2.21. The van der Waals surface area contributed by atoms with Crippen LogP contribution in [0.3, 0.4) is 0 Å². The zero-order valence-electron chi connectivity index (χ0n) is 11.0. The maximum absolute atomic E-state index is 14.0. The Hall–Kier alpha value is -1.98. The fourth-order valence-corrected chi connectivity index (χ4v) is 2.14. The monoisotopic (exact) mass is 344 g/mol. The Bertz CT molecular complexity index is 727. The van der Waals surface area contributed by atoms with E-state index in [2.05, 4.69) is 11.1 Å². The van der Waals surface area contributed by atoms with Gasteiger partial charge in [-0.1, -0.05) is 24.2 Å². The Labute approximate surface area is 135 Å². The van der Waals surface area contributed by atoms with Crippen LogP contribution in [-0.2, 0) is 0 Å². The molecular weight excluding hydrogens is 336 g/mol. The molecule has 2 nitrogen and oxygen atoms in total. The van der Waals surface area contributed by atoms with Gasteiger partial charge in [-0.2, -0.15) is 4.51 Å². The minimum absolute atomic E-state index is 0.0542. The van der Waals surface area contributed by atoms with Crippen LogP contribution in [0, 0.1) is 17.5 Å². The van der Waals surface area contributed by atoms with Crippen LogP contribution in [0.2, 0.25) is 5.02 Å². The summed E-state index contributed by atoms with van der Waals surface area (Å²) in [6, 6.07) is 7.14. The van der Waals surface area contributed by atoms with Gasteiger partial charge in [0.2, 0.25) is 0 Å². The topological polar surface area (TPSA) is 15.6 Å². The summed E-state index contributed by atoms with van der Waals surface area (Å²) in [6.45, 7) is 3.60. The minimum Gasteiger partial charge on any atom is -0.297 e. The van der Waals surface area contributed by atoms with Crippen molar-refractivity contribution in [2.24, 2.45) is 4.51 Å². The van der Waals surface area contributed by atoms with Crippen molar-refractivity contribution >= 4 is 41.1 Å². The molecule has 0 fully saturated rings. The first-order valence-electron chi connectivity index (χ1n) is 5.97. The summed E-state index contributed by atoms with van der Waals surface area (Å²) < 4.78 is 45.0. The highest BCUT2D eigenvalue weighted by Gasteiger charge is 2.20. The maximum Gasteiger partial charge on any atom is 0.148 e. The molecule has 0 aliphatic rings. The van der Waals surface area contributed by atoms with E-state index in [1.165, 1.54) is 18.2 Å². The zero-order chi connectivity index (χ0) is 16.3. The molecule has 0 N–H and O–H groups in total. The van der Waals surface area contributed by atoms with E-state index in [0.29, 0.717) is 0 Å². The smallest absolute Gasteiger partial charge is 0.148 e. The van der Waals surface area contributed by atoms with Crippen molar-refractivity contribution in [2.45, 2.75) is 0 Å². The van der Waals surface area contributed by atoms with Crippen molar-refractivity contribution < 1.29 is 13.2 Å². The molecule has 2 aromatic carbocycles. The van der Waals surface area contributed by atoms with E-state index in [1.807, 2.05) is 0 Å². The van der Waals surface area contributed by atoms with Gasteiger partial charge in [0, 0.05) is 16.8 Å². The van der Waals surface area contributed by atoms with Crippen molar-refractivity contribution in [2.75, 3.05) is 4.90 Å². The molecule has 2 aromatic rings. The number of hydrogen-bond acceptors (Lipinski definition) is 1. The zero-order valence-corrected chi connectivity index (χ0v) is 12.5. The molecule has 0 bridgehead atoms. The summed E-state index contributed by atoms with van der Waals surface area (Å²) in [5.41, 5.74) is -0.629. The molecule has 0 aliphatic carbocycles. The van der Waals surface area contributed by atoms with Crippen molar-refractivity contribution in [3.63, 3.8) is 0 Å². The lowest BCUT2D eigenvalue weighted by atomic mass is 10.1. The van der Waals surface area contributed by atoms with Gasteiger partial charge in [-0.3, -0.25) is 4.90 Å². The Morgan fingerprint density at radius 3 is 2.27 bits per heavy atom. The van der Waals surface area contributed by atoms with Crippen LogP contribution >= 0.6 is 23.4 Å². The normalized spacial score (nSPS) is 11.0. The molecule has 0 radical (unpaired) electrons. The molecule has 0 saturated heterocycles. The number of anilines is 1. The molecule has 0 aromatic heterocycles. The van der Waals surface area contributed by atoms with Gasteiger partial charge in [-0.25, -0.2) is 13.2 Å². The van der Waals surface area contributed by atoms with Crippen LogP contribution in [0.25, 0.3) is 5.70 Å². The second-order valence-corrected chi connectivity index (χ2v) is 4.85. The van der Waals surface area contributed by atoms with Gasteiger partial charge in [0.25, 0.3) is 0 Å². The fraction of sp³-hybridized carbons (Fsp3) is 0. The first-order chi connectivity index (χ1) is 10.5. The molecule has 0 amide bonds. The van der Waals surface area contributed by atoms with Crippen LogP contribution in [0.4, 0.5) is 18.9 Å². The Kier molecular flexibility index (Phi) is 5.11. The molecule has 0 saturated carbocycles. The highest BCUT2D eigenvalue weighted by molar-refractivity contribution is 6.30. The molecule has 2 rings (SSSR count). The molecule has 0 atom stereocenters. The van der Waals surface area contributed by atoms with E-state index in [-0.39, 0.29) is 16.4 Å². The number of rotatable bonds is 4. The van der Waals surface area contributed by atoms with Crippen molar-refractivity contribution in [1.82, 2.24) is 0 Å². The summed E-state index contributed by atoms with van der Waals surface area (Å²) in [7, 11) is 0. The first kappa shape index (κ1) is 16.4. The quantitative estimate of drug-likeness (QED) is 0.534. The molecule has 22 heavy (non-hydrogen) atoms. The van der Waals surface area contributed by atoms with Crippen LogP contribution in [0.5, 0.6) is 0 Å². The van der Waals surface area contributed by atoms with E-state index >= 15 is 0 Å². The highest BCUT2D eigenvalue weighted by atomic mass is 35.5. The number of hydrogen-bond donors (Lipinski definition) is 0. The van der Waals surface area contributed by atoms with Gasteiger partial charge < -0.3 is 0 Å². The lowest BCUT2D eigenvalue weighted by Gasteiger charge is -2.23. The first-order valence-corrected chi connectivity index (χ1v) is 6.69. The lowest BCUT2D eigenvalue weighted by molar-refractivity contribution is 0.576. The largest absolute Gasteiger partial charge is 0.297 e. The molecule has 0 heterocycles. The fourth-order valence-electron chi connectivity index (χ4n) is 1.89. The number of halogens is 5. The van der Waals surface area contributed by atoms with E-state index in [4.69, 9.17) is 23.4 Å². The second kappa shape index (κ2) is 6.85. The Balaban J connectivity index is 2.55. The van der Waals surface area contributed by atoms with Gasteiger partial charge in [-0.15, -0.1) is 0 Å². The number of benzene rings is 2. The SMILES string of the molecule is C=C(c1c(F)cccc1F)N(/C=N\Cl)c1ccc(Cl)cc1F. The minimum atomic E-state index is -0.840. The highest BCUT2D eigenvalue weighted by Crippen LogP contribution is 2.30. The Morgan fingerprint density at radius 2 is 1.73 bits per heavy atom. The van der Waals surface area contributed by atoms with Crippen LogP contribution < -0.4 is 4.90 Å². The predicted molar refractivity (Wildman–Crippen MR) is 83.6 cm³/mol. The van der Waals surface area contributed by atoms with Crippen molar-refractivity contribution in [3.05, 3.63) is 71.0 Å². The molecule has 114 valence electrons. The van der Waals surface area contributed by atoms with Crippen LogP contribution in [0.15, 0.2) is 47.5 Å². The van der Waals surface area contributed by atoms with E-state index in [1.54, 1.807) is 0 Å². The van der Waals surface area contributed by atoms with E-state index in [9.17, 15) is 13.2 Å². The van der Waals surface area contributed by atoms with Gasteiger partial charge in [0.05, 0.1) is 16.9 Å². The van der Waals surface area contributed by atoms with Crippen molar-refractivity contribution in [3.8, 4) is 0 Å². The average Bonchev–Trinajstić information content (AvgIpc) is 2.45. The maximum atomic E-state index is 14.0. The van der Waals surface area contributed by atoms with Gasteiger partial charge >= 0.3 is 0 Å². The summed E-state index contributed by atoms with van der Waals surface area (Å²) >= 11 is 11.0. The van der Waals surface area contributed by atoms with Crippen LogP contribution in [0.1, 0.15) is 5.56 Å². The standard InChI is InChI=1S/C15H9Cl2F3N2/c1-9(15-11(18)3-2-4-12(15)19)22(8-21-17)14-6-5-10(16)7-13(14)20/h2-8H,1H2/b21-8-. The molecular formula is C15H9Cl2F3N2. The van der Waals surface area contributed by atoms with E-state index in [0.717, 1.165) is 29.4 Å². The summed E-state index contributed by atoms with van der Waals surface area (Å²) in [4.78, 5) is 1.03. The molecule has 0 unspecified atom stereocenters. The van der Waals surface area contributed by atoms with E-state index < -0.39 is 23.0 Å². The number of nitrogens with zero attached hydrogens (tertiary/aromatic N) is 2. The second-order valence-electron chi connectivity index (χ2n) is 4.22. The van der Waals surface area contributed by atoms with Crippen LogP contribution in [-0.4, -0.2) is 6.34 Å². The van der Waals surface area contributed by atoms with Crippen molar-refractivity contribution in [1.29, 1.82) is 0 Å². The third-order valence-electron chi connectivity index (χ3n) is 2.87. The summed E-state index contributed by atoms with van der Waals surface area (Å²) in [5, 5.41) is 0.173. The van der Waals surface area contributed by atoms with Gasteiger partial charge in [-0.05, 0) is 30.3 Å².